The Bertz CT molecular complexity index is 1180. The van der Waals surface area contributed by atoms with Gasteiger partial charge in [0.25, 0.3) is 11.6 Å². The second-order valence-corrected chi connectivity index (χ2v) is 7.58. The van der Waals surface area contributed by atoms with Gasteiger partial charge in [-0.25, -0.2) is 15.0 Å². The summed E-state index contributed by atoms with van der Waals surface area (Å²) in [6.45, 7) is 3.66. The molecule has 160 valence electrons. The van der Waals surface area contributed by atoms with Gasteiger partial charge in [0.05, 0.1) is 15.5 Å². The van der Waals surface area contributed by atoms with Crippen molar-refractivity contribution in [1.82, 2.24) is 20.4 Å². The number of nitro groups is 2. The van der Waals surface area contributed by atoms with Crippen molar-refractivity contribution in [2.24, 2.45) is 0 Å². The van der Waals surface area contributed by atoms with Crippen LogP contribution >= 0.6 is 22.9 Å². The van der Waals surface area contributed by atoms with Crippen LogP contribution in [-0.2, 0) is 0 Å². The van der Waals surface area contributed by atoms with Crippen molar-refractivity contribution in [2.75, 3.05) is 10.7 Å². The molecule has 0 unspecified atom stereocenters. The van der Waals surface area contributed by atoms with Crippen LogP contribution in [0.4, 0.5) is 28.1 Å². The zero-order valence-corrected chi connectivity index (χ0v) is 17.4. The van der Waals surface area contributed by atoms with Gasteiger partial charge in [0.15, 0.2) is 5.13 Å². The van der Waals surface area contributed by atoms with Crippen molar-refractivity contribution in [3.05, 3.63) is 65.9 Å². The number of halogens is 1. The summed E-state index contributed by atoms with van der Waals surface area (Å²) in [6.07, 6.45) is 1.06. The second-order valence-electron chi connectivity index (χ2n) is 5.96. The van der Waals surface area contributed by atoms with Gasteiger partial charge < -0.3 is 5.32 Å². The number of aryl methyl sites for hydroxylation is 2. The molecule has 0 bridgehead atoms. The molecule has 13 nitrogen and oxygen atoms in total. The molecule has 0 aliphatic rings. The molecule has 31 heavy (non-hydrogen) atoms. The van der Waals surface area contributed by atoms with Gasteiger partial charge in [-0.3, -0.25) is 35.9 Å². The molecule has 0 saturated carbocycles. The molecule has 0 radical (unpaired) electrons. The van der Waals surface area contributed by atoms with Gasteiger partial charge in [-0.2, -0.15) is 0 Å². The Labute approximate surface area is 182 Å². The summed E-state index contributed by atoms with van der Waals surface area (Å²) in [6, 6.07) is 3.44. The van der Waals surface area contributed by atoms with Crippen LogP contribution in [0.25, 0.3) is 0 Å². The van der Waals surface area contributed by atoms with Crippen LogP contribution in [0, 0.1) is 34.1 Å². The molecule has 2 heterocycles. The number of nitrogens with one attached hydrogen (secondary N) is 3. The first-order valence-corrected chi connectivity index (χ1v) is 9.57. The van der Waals surface area contributed by atoms with Crippen LogP contribution in [0.2, 0.25) is 5.02 Å². The molecule has 1 amide bonds. The Kier molecular flexibility index (Phi) is 6.22. The van der Waals surface area contributed by atoms with Crippen molar-refractivity contribution in [2.45, 2.75) is 13.8 Å². The fraction of sp³-hybridized carbons (Fsp3) is 0.125. The lowest BCUT2D eigenvalue weighted by molar-refractivity contribution is -0.384. The SMILES string of the molecule is Cc1nc(Nc2ncnc(NNC(=O)c3ccc(Cl)c([N+](=O)[O-])c3)c2[N+](=O)[O-])sc1C. The minimum Gasteiger partial charge on any atom is -0.310 e. The Balaban J connectivity index is 1.83. The van der Waals surface area contributed by atoms with E-state index in [1.54, 1.807) is 6.92 Å². The fourth-order valence-electron chi connectivity index (χ4n) is 2.34. The number of nitrogens with zero attached hydrogens (tertiary/aromatic N) is 5. The average Bonchev–Trinajstić information content (AvgIpc) is 3.02. The van der Waals surface area contributed by atoms with E-state index in [4.69, 9.17) is 11.6 Å². The molecule has 3 aromatic rings. The third-order valence-electron chi connectivity index (χ3n) is 3.96. The predicted molar refractivity (Wildman–Crippen MR) is 113 cm³/mol. The van der Waals surface area contributed by atoms with E-state index in [1.165, 1.54) is 23.5 Å². The number of aromatic nitrogens is 3. The molecule has 15 heteroatoms. The molecule has 0 spiro atoms. The quantitative estimate of drug-likeness (QED) is 0.346. The molecule has 0 fully saturated rings. The summed E-state index contributed by atoms with van der Waals surface area (Å²) in [5.41, 5.74) is 4.25. The third kappa shape index (κ3) is 4.81. The standard InChI is InChI=1S/C16H13ClN8O5S/c1-7-8(2)31-16(20-7)21-13-12(25(29)30)14(19-6-18-13)22-23-15(26)9-3-4-10(17)11(5-9)24(27)28/h3-6H,1-2H3,(H,23,26)(H2,18,19,20,21,22). The largest absolute Gasteiger partial charge is 0.355 e. The van der Waals surface area contributed by atoms with Gasteiger partial charge in [-0.1, -0.05) is 11.6 Å². The van der Waals surface area contributed by atoms with Crippen LogP contribution in [0.15, 0.2) is 24.5 Å². The Morgan fingerprint density at radius 1 is 1.13 bits per heavy atom. The summed E-state index contributed by atoms with van der Waals surface area (Å²) in [7, 11) is 0. The summed E-state index contributed by atoms with van der Waals surface area (Å²) in [5, 5.41) is 25.6. The summed E-state index contributed by atoms with van der Waals surface area (Å²) in [4.78, 5) is 46.3. The van der Waals surface area contributed by atoms with Crippen molar-refractivity contribution >= 4 is 57.0 Å². The highest BCUT2D eigenvalue weighted by molar-refractivity contribution is 7.15. The zero-order valence-electron chi connectivity index (χ0n) is 15.9. The fourth-order valence-corrected chi connectivity index (χ4v) is 3.34. The smallest absolute Gasteiger partial charge is 0.310 e. The lowest BCUT2D eigenvalue weighted by atomic mass is 10.2. The zero-order chi connectivity index (χ0) is 22.7. The second kappa shape index (κ2) is 8.85. The molecule has 2 aromatic heterocycles. The number of nitro benzene ring substituents is 1. The van der Waals surface area contributed by atoms with Crippen molar-refractivity contribution in [3.8, 4) is 0 Å². The number of benzene rings is 1. The van der Waals surface area contributed by atoms with Gasteiger partial charge in [-0.15, -0.1) is 11.3 Å². The summed E-state index contributed by atoms with van der Waals surface area (Å²) in [5.74, 6) is -1.23. The highest BCUT2D eigenvalue weighted by Crippen LogP contribution is 2.32. The summed E-state index contributed by atoms with van der Waals surface area (Å²) < 4.78 is 0. The van der Waals surface area contributed by atoms with E-state index in [2.05, 4.69) is 31.1 Å². The Morgan fingerprint density at radius 2 is 1.84 bits per heavy atom. The van der Waals surface area contributed by atoms with Crippen LogP contribution < -0.4 is 16.2 Å². The Morgan fingerprint density at radius 3 is 2.45 bits per heavy atom. The van der Waals surface area contributed by atoms with Crippen molar-refractivity contribution in [1.29, 1.82) is 0 Å². The molecular weight excluding hydrogens is 452 g/mol. The number of thiazole rings is 1. The first-order chi connectivity index (χ1) is 14.7. The molecule has 3 rings (SSSR count). The van der Waals surface area contributed by atoms with Crippen LogP contribution in [0.5, 0.6) is 0 Å². The number of hydrogen-bond acceptors (Lipinski definition) is 11. The monoisotopic (exact) mass is 464 g/mol. The minimum atomic E-state index is -0.798. The number of amides is 1. The third-order valence-corrected chi connectivity index (χ3v) is 5.27. The maximum atomic E-state index is 12.3. The number of hydrazine groups is 1. The van der Waals surface area contributed by atoms with E-state index in [-0.39, 0.29) is 22.2 Å². The highest BCUT2D eigenvalue weighted by atomic mass is 35.5. The molecule has 1 aromatic carbocycles. The predicted octanol–water partition coefficient (Wildman–Crippen LogP) is 3.52. The normalized spacial score (nSPS) is 10.4. The Hall–Kier alpha value is -3.91. The minimum absolute atomic E-state index is 0.0904. The molecular formula is C16H13ClN8O5S. The van der Waals surface area contributed by atoms with Crippen molar-refractivity contribution < 1.29 is 14.6 Å². The van der Waals surface area contributed by atoms with Gasteiger partial charge in [0, 0.05) is 16.5 Å². The first-order valence-electron chi connectivity index (χ1n) is 8.38. The van der Waals surface area contributed by atoms with Crippen LogP contribution in [0.1, 0.15) is 20.9 Å². The van der Waals surface area contributed by atoms with Gasteiger partial charge in [0.1, 0.15) is 11.3 Å². The molecule has 0 aliphatic heterocycles. The number of carbonyl (C=O) groups is 1. The van der Waals surface area contributed by atoms with E-state index >= 15 is 0 Å². The van der Waals surface area contributed by atoms with Gasteiger partial charge in [-0.05, 0) is 26.0 Å². The van der Waals surface area contributed by atoms with Gasteiger partial charge in [0.2, 0.25) is 11.6 Å². The van der Waals surface area contributed by atoms with E-state index in [9.17, 15) is 25.0 Å². The van der Waals surface area contributed by atoms with E-state index in [1.807, 2.05) is 6.92 Å². The highest BCUT2D eigenvalue weighted by Gasteiger charge is 2.25. The lowest BCUT2D eigenvalue weighted by Gasteiger charge is -2.10. The maximum absolute atomic E-state index is 12.3. The number of anilines is 3. The molecule has 0 aliphatic carbocycles. The van der Waals surface area contributed by atoms with E-state index in [0.717, 1.165) is 23.0 Å². The first kappa shape index (κ1) is 21.8. The van der Waals surface area contributed by atoms with E-state index in [0.29, 0.717) is 5.13 Å². The van der Waals surface area contributed by atoms with Crippen LogP contribution in [-0.4, -0.2) is 30.7 Å². The maximum Gasteiger partial charge on any atom is 0.355 e. The molecule has 0 saturated heterocycles. The van der Waals surface area contributed by atoms with E-state index < -0.39 is 27.1 Å². The number of carbonyl (C=O) groups excluding carboxylic acids is 1. The molecule has 0 atom stereocenters. The van der Waals surface area contributed by atoms with Gasteiger partial charge >= 0.3 is 5.69 Å². The topological polar surface area (TPSA) is 178 Å². The number of rotatable bonds is 7. The molecule has 3 N–H and O–H groups in total. The van der Waals surface area contributed by atoms with Crippen LogP contribution in [0.3, 0.4) is 0 Å². The van der Waals surface area contributed by atoms with Crippen molar-refractivity contribution in [3.63, 3.8) is 0 Å². The summed E-state index contributed by atoms with van der Waals surface area (Å²) >= 11 is 7.02. The number of hydrogen-bond donors (Lipinski definition) is 3. The lowest BCUT2D eigenvalue weighted by Crippen LogP contribution is -2.30. The average molecular weight is 465 g/mol.